The fourth-order valence-electron chi connectivity index (χ4n) is 0.712. The molecule has 3 nitrogen and oxygen atoms in total. The number of hydrogen-bond acceptors (Lipinski definition) is 2. The van der Waals surface area contributed by atoms with Gasteiger partial charge in [-0.25, -0.2) is 4.98 Å². The number of allylic oxidation sites excluding steroid dienone is 1. The standard InChI is InChI=1S/C7H9N3/c1-2-3-7-9-4-5-10(7)6-8/h2-6,8H,1H3/b3-2-,8-6?. The molecule has 0 aliphatic rings. The molecular weight excluding hydrogens is 126 g/mol. The van der Waals surface area contributed by atoms with Crippen molar-refractivity contribution >= 4 is 12.4 Å². The van der Waals surface area contributed by atoms with E-state index in [1.807, 2.05) is 19.1 Å². The van der Waals surface area contributed by atoms with E-state index < -0.39 is 0 Å². The van der Waals surface area contributed by atoms with Gasteiger partial charge in [-0.1, -0.05) is 6.08 Å². The Labute approximate surface area is 59.5 Å². The molecule has 0 saturated heterocycles. The molecule has 0 spiro atoms. The van der Waals surface area contributed by atoms with Gasteiger partial charge in [0.1, 0.15) is 5.82 Å². The first-order chi connectivity index (χ1) is 4.88. The molecule has 1 rings (SSSR count). The monoisotopic (exact) mass is 135 g/mol. The van der Waals surface area contributed by atoms with Crippen molar-refractivity contribution in [3.63, 3.8) is 0 Å². The second-order valence-corrected chi connectivity index (χ2v) is 1.82. The number of aromatic nitrogens is 2. The van der Waals surface area contributed by atoms with Crippen LogP contribution in [0.5, 0.6) is 0 Å². The van der Waals surface area contributed by atoms with E-state index >= 15 is 0 Å². The van der Waals surface area contributed by atoms with Crippen LogP contribution < -0.4 is 0 Å². The van der Waals surface area contributed by atoms with Gasteiger partial charge < -0.3 is 0 Å². The SMILES string of the molecule is C/C=C\c1nccn1C=N. The highest BCUT2D eigenvalue weighted by molar-refractivity contribution is 5.59. The molecule has 10 heavy (non-hydrogen) atoms. The van der Waals surface area contributed by atoms with Crippen molar-refractivity contribution in [2.75, 3.05) is 0 Å². The minimum Gasteiger partial charge on any atom is -0.291 e. The van der Waals surface area contributed by atoms with Crippen LogP contribution in [-0.4, -0.2) is 15.9 Å². The summed E-state index contributed by atoms with van der Waals surface area (Å²) >= 11 is 0. The van der Waals surface area contributed by atoms with Crippen LogP contribution in [-0.2, 0) is 0 Å². The van der Waals surface area contributed by atoms with E-state index in [9.17, 15) is 0 Å². The van der Waals surface area contributed by atoms with Crippen molar-refractivity contribution in [3.05, 3.63) is 24.3 Å². The summed E-state index contributed by atoms with van der Waals surface area (Å²) in [6, 6.07) is 0. The van der Waals surface area contributed by atoms with E-state index in [1.165, 1.54) is 6.34 Å². The van der Waals surface area contributed by atoms with Crippen LogP contribution in [0.2, 0.25) is 0 Å². The maximum absolute atomic E-state index is 6.94. The highest BCUT2D eigenvalue weighted by atomic mass is 15.1. The fraction of sp³-hybridized carbons (Fsp3) is 0.143. The van der Waals surface area contributed by atoms with E-state index in [4.69, 9.17) is 5.41 Å². The Morgan fingerprint density at radius 3 is 3.10 bits per heavy atom. The van der Waals surface area contributed by atoms with Gasteiger partial charge in [-0.05, 0) is 13.0 Å². The second-order valence-electron chi connectivity index (χ2n) is 1.82. The van der Waals surface area contributed by atoms with Crippen molar-refractivity contribution in [3.8, 4) is 0 Å². The van der Waals surface area contributed by atoms with Gasteiger partial charge in [0, 0.05) is 12.4 Å². The topological polar surface area (TPSA) is 41.7 Å². The fourth-order valence-corrected chi connectivity index (χ4v) is 0.712. The zero-order valence-corrected chi connectivity index (χ0v) is 5.78. The Morgan fingerprint density at radius 1 is 1.70 bits per heavy atom. The molecule has 1 N–H and O–H groups in total. The first kappa shape index (κ1) is 6.74. The first-order valence-electron chi connectivity index (χ1n) is 3.04. The van der Waals surface area contributed by atoms with Crippen molar-refractivity contribution < 1.29 is 0 Å². The van der Waals surface area contributed by atoms with Gasteiger partial charge in [-0.3, -0.25) is 9.98 Å². The number of rotatable bonds is 2. The summed E-state index contributed by atoms with van der Waals surface area (Å²) in [6.07, 6.45) is 8.37. The van der Waals surface area contributed by atoms with E-state index in [-0.39, 0.29) is 0 Å². The molecule has 0 bridgehead atoms. The molecule has 1 heterocycles. The van der Waals surface area contributed by atoms with Crippen LogP contribution in [0.1, 0.15) is 12.7 Å². The highest BCUT2D eigenvalue weighted by Crippen LogP contribution is 1.95. The average Bonchev–Trinajstić information content (AvgIpc) is 2.36. The Balaban J connectivity index is 3.00. The van der Waals surface area contributed by atoms with Crippen LogP contribution in [0.3, 0.4) is 0 Å². The molecule has 0 aliphatic heterocycles. The summed E-state index contributed by atoms with van der Waals surface area (Å²) in [7, 11) is 0. The molecule has 0 radical (unpaired) electrons. The van der Waals surface area contributed by atoms with Crippen LogP contribution in [0.25, 0.3) is 6.08 Å². The predicted octanol–water partition coefficient (Wildman–Crippen LogP) is 1.37. The number of imidazole rings is 1. The zero-order valence-electron chi connectivity index (χ0n) is 5.78. The molecule has 0 fully saturated rings. The maximum Gasteiger partial charge on any atom is 0.137 e. The predicted molar refractivity (Wildman–Crippen MR) is 41.1 cm³/mol. The third-order valence-corrected chi connectivity index (χ3v) is 1.15. The average molecular weight is 135 g/mol. The van der Waals surface area contributed by atoms with E-state index in [0.717, 1.165) is 5.82 Å². The summed E-state index contributed by atoms with van der Waals surface area (Å²) in [5.41, 5.74) is 0. The van der Waals surface area contributed by atoms with E-state index in [0.29, 0.717) is 0 Å². The minimum atomic E-state index is 0.789. The molecule has 0 aliphatic carbocycles. The molecule has 52 valence electrons. The first-order valence-corrected chi connectivity index (χ1v) is 3.04. The summed E-state index contributed by atoms with van der Waals surface area (Å²) in [4.78, 5) is 4.00. The molecule has 0 saturated carbocycles. The molecular formula is C7H9N3. The Morgan fingerprint density at radius 2 is 2.50 bits per heavy atom. The van der Waals surface area contributed by atoms with Crippen molar-refractivity contribution in [1.82, 2.24) is 9.55 Å². The molecule has 0 unspecified atom stereocenters. The zero-order chi connectivity index (χ0) is 7.40. The lowest BCUT2D eigenvalue weighted by Gasteiger charge is -1.91. The second kappa shape index (κ2) is 2.96. The highest BCUT2D eigenvalue weighted by Gasteiger charge is 1.91. The molecule has 0 atom stereocenters. The van der Waals surface area contributed by atoms with E-state index in [2.05, 4.69) is 4.98 Å². The molecule has 1 aromatic heterocycles. The van der Waals surface area contributed by atoms with Gasteiger partial charge in [0.15, 0.2) is 0 Å². The molecule has 1 aromatic rings. The minimum absolute atomic E-state index is 0.789. The summed E-state index contributed by atoms with van der Waals surface area (Å²) in [6.45, 7) is 1.92. The van der Waals surface area contributed by atoms with Gasteiger partial charge in [0.2, 0.25) is 0 Å². The van der Waals surface area contributed by atoms with Gasteiger partial charge >= 0.3 is 0 Å². The Hall–Kier alpha value is -1.38. The molecule has 3 heteroatoms. The van der Waals surface area contributed by atoms with Crippen LogP contribution >= 0.6 is 0 Å². The van der Waals surface area contributed by atoms with Crippen LogP contribution in [0.4, 0.5) is 0 Å². The number of hydrogen-bond donors (Lipinski definition) is 1. The van der Waals surface area contributed by atoms with Crippen molar-refractivity contribution in [1.29, 1.82) is 5.41 Å². The normalized spacial score (nSPS) is 10.5. The molecule has 0 aromatic carbocycles. The third kappa shape index (κ3) is 1.13. The summed E-state index contributed by atoms with van der Waals surface area (Å²) < 4.78 is 1.64. The third-order valence-electron chi connectivity index (χ3n) is 1.15. The quantitative estimate of drug-likeness (QED) is 0.483. The smallest absolute Gasteiger partial charge is 0.137 e. The largest absolute Gasteiger partial charge is 0.291 e. The lowest BCUT2D eigenvalue weighted by Crippen LogP contribution is -1.94. The van der Waals surface area contributed by atoms with Crippen molar-refractivity contribution in [2.45, 2.75) is 6.92 Å². The lowest BCUT2D eigenvalue weighted by atomic mass is 10.5. The van der Waals surface area contributed by atoms with Crippen LogP contribution in [0.15, 0.2) is 18.5 Å². The molecule has 0 amide bonds. The maximum atomic E-state index is 6.94. The van der Waals surface area contributed by atoms with E-state index in [1.54, 1.807) is 17.0 Å². The van der Waals surface area contributed by atoms with Gasteiger partial charge in [-0.15, -0.1) is 0 Å². The van der Waals surface area contributed by atoms with Crippen LogP contribution in [0, 0.1) is 5.41 Å². The van der Waals surface area contributed by atoms with Gasteiger partial charge in [0.05, 0.1) is 6.34 Å². The van der Waals surface area contributed by atoms with Crippen molar-refractivity contribution in [2.24, 2.45) is 0 Å². The van der Waals surface area contributed by atoms with Gasteiger partial charge in [-0.2, -0.15) is 0 Å². The number of nitrogens with zero attached hydrogens (tertiary/aromatic N) is 2. The summed E-state index contributed by atoms with van der Waals surface area (Å²) in [5.74, 6) is 0.789. The van der Waals surface area contributed by atoms with Gasteiger partial charge in [0.25, 0.3) is 0 Å². The Bertz CT molecular complexity index is 247. The lowest BCUT2D eigenvalue weighted by molar-refractivity contribution is 1.12. The summed E-state index contributed by atoms with van der Waals surface area (Å²) in [5, 5.41) is 6.94. The number of nitrogens with one attached hydrogen (secondary N) is 1. The Kier molecular flexibility index (Phi) is 1.99.